The van der Waals surface area contributed by atoms with Gasteiger partial charge in [0.25, 0.3) is 0 Å². The second kappa shape index (κ2) is 5.35. The first-order valence-electron chi connectivity index (χ1n) is 5.08. The molecule has 0 aliphatic carbocycles. The third-order valence-electron chi connectivity index (χ3n) is 2.48. The van der Waals surface area contributed by atoms with Crippen LogP contribution in [0.15, 0.2) is 0 Å². The lowest BCUT2D eigenvalue weighted by molar-refractivity contribution is 0.338. The molecule has 1 aromatic heterocycles. The maximum Gasteiger partial charge on any atom is 0.324 e. The van der Waals surface area contributed by atoms with Crippen molar-refractivity contribution >= 4 is 17.5 Å². The number of anilines is 1. The van der Waals surface area contributed by atoms with E-state index in [0.29, 0.717) is 11.8 Å². The maximum atomic E-state index is 5.91. The Bertz CT molecular complexity index is 364. The normalized spacial score (nSPS) is 11.2. The Morgan fingerprint density at radius 1 is 1.12 bits per heavy atom. The Kier molecular flexibility index (Phi) is 4.34. The molecular weight excluding hydrogens is 244 g/mol. The molecule has 0 saturated carbocycles. The van der Waals surface area contributed by atoms with Crippen molar-refractivity contribution in [2.24, 2.45) is 0 Å². The summed E-state index contributed by atoms with van der Waals surface area (Å²) >= 11 is 5.91. The van der Waals surface area contributed by atoms with Gasteiger partial charge < -0.3 is 14.4 Å². The lowest BCUT2D eigenvalue weighted by Gasteiger charge is -2.33. The van der Waals surface area contributed by atoms with Crippen molar-refractivity contribution < 1.29 is 9.47 Å². The molecule has 96 valence electrons. The number of rotatable bonds is 5. The fourth-order valence-corrected chi connectivity index (χ4v) is 1.20. The average molecular weight is 261 g/mol. The molecule has 0 aliphatic heterocycles. The zero-order valence-electron chi connectivity index (χ0n) is 10.7. The van der Waals surface area contributed by atoms with Crippen LogP contribution >= 0.6 is 11.6 Å². The smallest absolute Gasteiger partial charge is 0.324 e. The van der Waals surface area contributed by atoms with Crippen molar-refractivity contribution in [1.29, 1.82) is 0 Å². The van der Waals surface area contributed by atoms with Gasteiger partial charge in [0.15, 0.2) is 0 Å². The lowest BCUT2D eigenvalue weighted by atomic mass is 10.1. The molecule has 0 unspecified atom stereocenters. The number of methoxy groups -OCH3 is 2. The number of alkyl halides is 1. The van der Waals surface area contributed by atoms with Crippen LogP contribution in [0.5, 0.6) is 12.0 Å². The van der Waals surface area contributed by atoms with Crippen LogP contribution in [0.2, 0.25) is 0 Å². The van der Waals surface area contributed by atoms with Crippen LogP contribution in [-0.2, 0) is 0 Å². The van der Waals surface area contributed by atoms with Gasteiger partial charge in [0, 0.05) is 12.9 Å². The number of aromatic nitrogens is 3. The van der Waals surface area contributed by atoms with E-state index in [2.05, 4.69) is 15.0 Å². The predicted molar refractivity (Wildman–Crippen MR) is 66.1 cm³/mol. The number of halogens is 1. The molecule has 1 heterocycles. The zero-order chi connectivity index (χ0) is 13.1. The van der Waals surface area contributed by atoms with Gasteiger partial charge in [-0.05, 0) is 13.8 Å². The molecule has 0 radical (unpaired) electrons. The van der Waals surface area contributed by atoms with Crippen LogP contribution in [0.3, 0.4) is 0 Å². The van der Waals surface area contributed by atoms with E-state index in [1.54, 1.807) is 0 Å². The predicted octanol–water partition coefficient (Wildman–Crippen LogP) is 1.34. The minimum absolute atomic E-state index is 0.212. The maximum absolute atomic E-state index is 5.91. The van der Waals surface area contributed by atoms with Gasteiger partial charge in [0.2, 0.25) is 5.95 Å². The molecule has 0 atom stereocenters. The highest BCUT2D eigenvalue weighted by molar-refractivity contribution is 6.18. The van der Waals surface area contributed by atoms with Crippen LogP contribution < -0.4 is 14.4 Å². The molecule has 0 aliphatic rings. The number of hydrogen-bond acceptors (Lipinski definition) is 6. The summed E-state index contributed by atoms with van der Waals surface area (Å²) in [7, 11) is 4.84. The fraction of sp³-hybridized carbons (Fsp3) is 0.700. The van der Waals surface area contributed by atoms with Crippen molar-refractivity contribution in [1.82, 2.24) is 15.0 Å². The average Bonchev–Trinajstić information content (AvgIpc) is 2.36. The Morgan fingerprint density at radius 3 is 1.94 bits per heavy atom. The van der Waals surface area contributed by atoms with Gasteiger partial charge in [0.1, 0.15) is 0 Å². The minimum Gasteiger partial charge on any atom is -0.467 e. The zero-order valence-corrected chi connectivity index (χ0v) is 11.4. The molecule has 0 aromatic carbocycles. The first kappa shape index (κ1) is 13.8. The van der Waals surface area contributed by atoms with E-state index in [9.17, 15) is 0 Å². The first-order chi connectivity index (χ1) is 7.94. The molecule has 0 N–H and O–H groups in total. The van der Waals surface area contributed by atoms with E-state index in [-0.39, 0.29) is 17.6 Å². The quantitative estimate of drug-likeness (QED) is 0.745. The number of hydrogen-bond donors (Lipinski definition) is 0. The Hall–Kier alpha value is -1.30. The van der Waals surface area contributed by atoms with E-state index in [4.69, 9.17) is 21.1 Å². The molecule has 0 amide bonds. The highest BCUT2D eigenvalue weighted by Gasteiger charge is 2.25. The van der Waals surface area contributed by atoms with Crippen molar-refractivity contribution in [3.8, 4) is 12.0 Å². The summed E-state index contributed by atoms with van der Waals surface area (Å²) in [5, 5.41) is 0. The molecular formula is C10H17ClN4O2. The molecule has 0 bridgehead atoms. The summed E-state index contributed by atoms with van der Waals surface area (Å²) in [6.45, 7) is 3.98. The summed E-state index contributed by atoms with van der Waals surface area (Å²) in [6.07, 6.45) is 0. The largest absolute Gasteiger partial charge is 0.467 e. The number of ether oxygens (including phenoxy) is 2. The van der Waals surface area contributed by atoms with Crippen LogP contribution in [0.1, 0.15) is 13.8 Å². The molecule has 0 spiro atoms. The standard InChI is InChI=1S/C10H17ClN4O2/c1-10(2,6-11)15(3)7-12-8(16-4)14-9(13-7)17-5/h6H2,1-5H3. The van der Waals surface area contributed by atoms with Gasteiger partial charge in [-0.15, -0.1) is 16.6 Å². The van der Waals surface area contributed by atoms with Crippen molar-refractivity contribution in [2.75, 3.05) is 32.0 Å². The molecule has 1 aromatic rings. The molecule has 0 saturated heterocycles. The molecule has 1 rings (SSSR count). The lowest BCUT2D eigenvalue weighted by Crippen LogP contribution is -2.43. The first-order valence-corrected chi connectivity index (χ1v) is 5.62. The SMILES string of the molecule is COc1nc(OC)nc(N(C)C(C)(C)CCl)n1. The van der Waals surface area contributed by atoms with E-state index < -0.39 is 0 Å². The minimum atomic E-state index is -0.279. The fourth-order valence-electron chi connectivity index (χ4n) is 1.02. The van der Waals surface area contributed by atoms with Gasteiger partial charge >= 0.3 is 12.0 Å². The summed E-state index contributed by atoms with van der Waals surface area (Å²) < 4.78 is 9.98. The van der Waals surface area contributed by atoms with E-state index in [0.717, 1.165) is 0 Å². The molecule has 6 nitrogen and oxygen atoms in total. The molecule has 0 fully saturated rings. The topological polar surface area (TPSA) is 60.4 Å². The molecule has 7 heteroatoms. The number of nitrogens with zero attached hydrogens (tertiary/aromatic N) is 4. The molecule has 17 heavy (non-hydrogen) atoms. The third kappa shape index (κ3) is 3.09. The van der Waals surface area contributed by atoms with Gasteiger partial charge in [-0.2, -0.15) is 9.97 Å². The Balaban J connectivity index is 3.12. The summed E-state index contributed by atoms with van der Waals surface area (Å²) in [4.78, 5) is 14.1. The van der Waals surface area contributed by atoms with Crippen LogP contribution in [0.25, 0.3) is 0 Å². The Morgan fingerprint density at radius 2 is 1.59 bits per heavy atom. The van der Waals surface area contributed by atoms with Crippen molar-refractivity contribution in [3.05, 3.63) is 0 Å². The summed E-state index contributed by atoms with van der Waals surface area (Å²) in [5.41, 5.74) is -0.279. The van der Waals surface area contributed by atoms with Gasteiger partial charge in [0.05, 0.1) is 19.8 Å². The van der Waals surface area contributed by atoms with Crippen molar-refractivity contribution in [3.63, 3.8) is 0 Å². The van der Waals surface area contributed by atoms with E-state index in [1.807, 2.05) is 25.8 Å². The summed E-state index contributed by atoms with van der Waals surface area (Å²) in [6, 6.07) is 0.424. The highest BCUT2D eigenvalue weighted by Crippen LogP contribution is 2.22. The van der Waals surface area contributed by atoms with Crippen molar-refractivity contribution in [2.45, 2.75) is 19.4 Å². The van der Waals surface area contributed by atoms with Crippen LogP contribution in [0.4, 0.5) is 5.95 Å². The van der Waals surface area contributed by atoms with Gasteiger partial charge in [-0.25, -0.2) is 0 Å². The second-order valence-corrected chi connectivity index (χ2v) is 4.38. The highest BCUT2D eigenvalue weighted by atomic mass is 35.5. The second-order valence-electron chi connectivity index (χ2n) is 4.11. The third-order valence-corrected chi connectivity index (χ3v) is 3.14. The summed E-state index contributed by atoms with van der Waals surface area (Å²) in [5.74, 6) is 0.902. The van der Waals surface area contributed by atoms with E-state index in [1.165, 1.54) is 14.2 Å². The van der Waals surface area contributed by atoms with Gasteiger partial charge in [-0.3, -0.25) is 0 Å². The monoisotopic (exact) mass is 260 g/mol. The van der Waals surface area contributed by atoms with E-state index >= 15 is 0 Å². The van der Waals surface area contributed by atoms with Crippen LogP contribution in [-0.4, -0.2) is 47.6 Å². The Labute approximate surface area is 106 Å². The van der Waals surface area contributed by atoms with Gasteiger partial charge in [-0.1, -0.05) is 0 Å². The van der Waals surface area contributed by atoms with Crippen LogP contribution in [0, 0.1) is 0 Å².